The molecule has 242 valence electrons. The van der Waals surface area contributed by atoms with Gasteiger partial charge in [-0.15, -0.1) is 0 Å². The Bertz CT molecular complexity index is 1690. The second-order valence-electron chi connectivity index (χ2n) is 13.2. The monoisotopic (exact) mass is 627 g/mol. The Morgan fingerprint density at radius 2 is 1.80 bits per heavy atom. The number of carbonyl (C=O) groups excluding carboxylic acids is 5. The van der Waals surface area contributed by atoms with E-state index in [0.29, 0.717) is 22.5 Å². The number of hydrogen-bond acceptors (Lipinski definition) is 6. The molecule has 2 aliphatic heterocycles. The number of Topliss-reactive ketones (excluding diaryl/α,β-unsaturated/α-hetero) is 1. The number of ether oxygens (including phenoxy) is 1. The third-order valence-corrected chi connectivity index (χ3v) is 9.63. The fourth-order valence-electron chi connectivity index (χ4n) is 7.32. The Morgan fingerprint density at radius 3 is 2.54 bits per heavy atom. The van der Waals surface area contributed by atoms with Crippen molar-refractivity contribution in [2.75, 3.05) is 19.0 Å². The zero-order valence-corrected chi connectivity index (χ0v) is 26.5. The highest BCUT2D eigenvalue weighted by molar-refractivity contribution is 6.38. The molecule has 11 nitrogen and oxygen atoms in total. The third kappa shape index (κ3) is 5.74. The maximum atomic E-state index is 14.5. The summed E-state index contributed by atoms with van der Waals surface area (Å²) in [4.78, 5) is 73.4. The Hall–Kier alpha value is -4.67. The molecule has 2 fully saturated rings. The van der Waals surface area contributed by atoms with Crippen molar-refractivity contribution in [3.63, 3.8) is 0 Å². The van der Waals surface area contributed by atoms with Gasteiger partial charge in [0, 0.05) is 29.2 Å². The molecule has 46 heavy (non-hydrogen) atoms. The lowest BCUT2D eigenvalue weighted by atomic mass is 9.79. The summed E-state index contributed by atoms with van der Waals surface area (Å²) in [5.74, 6) is -2.19. The molecule has 6 rings (SSSR count). The molecule has 1 saturated carbocycles. The molecule has 1 unspecified atom stereocenters. The van der Waals surface area contributed by atoms with Crippen molar-refractivity contribution in [1.82, 2.24) is 20.5 Å². The maximum Gasteiger partial charge on any atom is 0.289 e. The van der Waals surface area contributed by atoms with Crippen LogP contribution in [0.4, 0.5) is 5.69 Å². The SMILES string of the molecule is COc1cccc2[nH]c(C(=O)N[C@@H](CC(C)C)C(=O)N3C[C@]4(CC3C(=O)C(=O)NC3CCCCC3)C(=O)Nc3ccccc34)cc12. The Labute approximate surface area is 267 Å². The second kappa shape index (κ2) is 12.6. The van der Waals surface area contributed by atoms with E-state index in [1.165, 1.54) is 4.90 Å². The number of amides is 4. The number of para-hydroxylation sites is 1. The minimum absolute atomic E-state index is 0.00729. The molecule has 2 aromatic carbocycles. The largest absolute Gasteiger partial charge is 0.496 e. The van der Waals surface area contributed by atoms with Crippen LogP contribution in [0, 0.1) is 5.92 Å². The summed E-state index contributed by atoms with van der Waals surface area (Å²) < 4.78 is 5.43. The molecule has 0 bridgehead atoms. The minimum Gasteiger partial charge on any atom is -0.496 e. The number of anilines is 1. The number of hydrogen-bond donors (Lipinski definition) is 4. The number of rotatable bonds is 9. The van der Waals surface area contributed by atoms with Crippen LogP contribution in [0.1, 0.15) is 74.8 Å². The standard InChI is InChI=1S/C35H41N5O6/c1-20(2)16-27(38-31(42)26-17-22-24(37-26)14-9-15-29(22)46-3)33(44)40-19-35(23-12-7-8-13-25(23)39-34(35)45)18-28(40)30(41)32(43)36-21-10-5-4-6-11-21/h7-9,12-15,17,20-21,27-28,37H,4-6,10-11,16,18-19H2,1-3H3,(H,36,43)(H,38,42)(H,39,45)/t27-,28?,35-/m0/s1. The van der Waals surface area contributed by atoms with Crippen LogP contribution in [0.15, 0.2) is 48.5 Å². The quantitative estimate of drug-likeness (QED) is 0.265. The van der Waals surface area contributed by atoms with E-state index < -0.39 is 41.0 Å². The number of benzene rings is 2. The highest BCUT2D eigenvalue weighted by Gasteiger charge is 2.58. The molecule has 11 heteroatoms. The van der Waals surface area contributed by atoms with Crippen LogP contribution in [-0.2, 0) is 24.6 Å². The number of methoxy groups -OCH3 is 1. The molecule has 3 aromatic rings. The highest BCUT2D eigenvalue weighted by Crippen LogP contribution is 2.47. The van der Waals surface area contributed by atoms with E-state index in [4.69, 9.17) is 4.74 Å². The van der Waals surface area contributed by atoms with E-state index in [1.807, 2.05) is 44.2 Å². The zero-order valence-electron chi connectivity index (χ0n) is 26.5. The van der Waals surface area contributed by atoms with Crippen LogP contribution < -0.4 is 20.7 Å². The Kier molecular flexibility index (Phi) is 8.59. The van der Waals surface area contributed by atoms with Gasteiger partial charge in [0.15, 0.2) is 0 Å². The first kappa shape index (κ1) is 31.3. The van der Waals surface area contributed by atoms with Gasteiger partial charge in [0.1, 0.15) is 23.5 Å². The molecule has 1 spiro atoms. The molecular weight excluding hydrogens is 586 g/mol. The van der Waals surface area contributed by atoms with Crippen LogP contribution in [0.25, 0.3) is 10.9 Å². The number of aromatic nitrogens is 1. The van der Waals surface area contributed by atoms with Gasteiger partial charge in [-0.1, -0.05) is 57.4 Å². The van der Waals surface area contributed by atoms with E-state index in [-0.39, 0.29) is 42.9 Å². The number of H-pyrrole nitrogens is 1. The van der Waals surface area contributed by atoms with Gasteiger partial charge in [0.25, 0.3) is 11.8 Å². The molecule has 4 N–H and O–H groups in total. The number of fused-ring (bicyclic) bond motifs is 3. The van der Waals surface area contributed by atoms with Crippen molar-refractivity contribution in [3.05, 3.63) is 59.8 Å². The van der Waals surface area contributed by atoms with E-state index in [1.54, 1.807) is 25.3 Å². The molecule has 1 aliphatic carbocycles. The van der Waals surface area contributed by atoms with Crippen LogP contribution in [-0.4, -0.2) is 71.1 Å². The predicted octanol–water partition coefficient (Wildman–Crippen LogP) is 3.83. The van der Waals surface area contributed by atoms with E-state index in [9.17, 15) is 24.0 Å². The average molecular weight is 628 g/mol. The van der Waals surface area contributed by atoms with E-state index in [2.05, 4.69) is 20.9 Å². The van der Waals surface area contributed by atoms with E-state index in [0.717, 1.165) is 37.5 Å². The number of ketones is 1. The molecule has 0 radical (unpaired) electrons. The smallest absolute Gasteiger partial charge is 0.289 e. The lowest BCUT2D eigenvalue weighted by molar-refractivity contribution is -0.145. The molecule has 3 heterocycles. The van der Waals surface area contributed by atoms with Crippen molar-refractivity contribution in [2.45, 2.75) is 82.3 Å². The second-order valence-corrected chi connectivity index (χ2v) is 13.2. The summed E-state index contributed by atoms with van der Waals surface area (Å²) in [5, 5.41) is 9.41. The topological polar surface area (TPSA) is 150 Å². The molecular formula is C35H41N5O6. The fraction of sp³-hybridized carbons (Fsp3) is 0.457. The van der Waals surface area contributed by atoms with Gasteiger partial charge in [0.2, 0.25) is 17.6 Å². The van der Waals surface area contributed by atoms with Crippen LogP contribution >= 0.6 is 0 Å². The van der Waals surface area contributed by atoms with Gasteiger partial charge >= 0.3 is 0 Å². The minimum atomic E-state index is -1.20. The van der Waals surface area contributed by atoms with Gasteiger partial charge in [-0.2, -0.15) is 0 Å². The van der Waals surface area contributed by atoms with Crippen molar-refractivity contribution < 1.29 is 28.7 Å². The lowest BCUT2D eigenvalue weighted by Crippen LogP contribution is -2.55. The highest BCUT2D eigenvalue weighted by atomic mass is 16.5. The first-order chi connectivity index (χ1) is 22.1. The molecule has 3 aliphatic rings. The lowest BCUT2D eigenvalue weighted by Gasteiger charge is -2.30. The number of nitrogens with zero attached hydrogens (tertiary/aromatic N) is 1. The summed E-state index contributed by atoms with van der Waals surface area (Å²) >= 11 is 0. The van der Waals surface area contributed by atoms with Crippen molar-refractivity contribution >= 4 is 46.0 Å². The van der Waals surface area contributed by atoms with Crippen molar-refractivity contribution in [2.24, 2.45) is 5.92 Å². The van der Waals surface area contributed by atoms with Gasteiger partial charge < -0.3 is 30.6 Å². The van der Waals surface area contributed by atoms with Gasteiger partial charge in [-0.3, -0.25) is 24.0 Å². The van der Waals surface area contributed by atoms with Crippen LogP contribution in [0.2, 0.25) is 0 Å². The van der Waals surface area contributed by atoms with Crippen molar-refractivity contribution in [1.29, 1.82) is 0 Å². The van der Waals surface area contributed by atoms with Gasteiger partial charge in [-0.05, 0) is 61.4 Å². The van der Waals surface area contributed by atoms with Crippen LogP contribution in [0.5, 0.6) is 5.75 Å². The normalized spacial score (nSPS) is 21.7. The zero-order chi connectivity index (χ0) is 32.6. The maximum absolute atomic E-state index is 14.5. The molecule has 4 amide bonds. The predicted molar refractivity (Wildman–Crippen MR) is 172 cm³/mol. The summed E-state index contributed by atoms with van der Waals surface area (Å²) in [5.41, 5.74) is 1.08. The Balaban J connectivity index is 1.31. The number of nitrogens with one attached hydrogen (secondary N) is 4. The van der Waals surface area contributed by atoms with Crippen molar-refractivity contribution in [3.8, 4) is 5.75 Å². The number of carbonyl (C=O) groups is 5. The van der Waals surface area contributed by atoms with Gasteiger partial charge in [-0.25, -0.2) is 0 Å². The third-order valence-electron chi connectivity index (χ3n) is 9.63. The summed E-state index contributed by atoms with van der Waals surface area (Å²) in [6, 6.07) is 12.1. The fourth-order valence-corrected chi connectivity index (χ4v) is 7.32. The van der Waals surface area contributed by atoms with Crippen LogP contribution in [0.3, 0.4) is 0 Å². The molecule has 3 atom stereocenters. The number of likely N-dealkylation sites (tertiary alicyclic amines) is 1. The first-order valence-corrected chi connectivity index (χ1v) is 16.1. The average Bonchev–Trinajstić information content (AvgIpc) is 3.74. The summed E-state index contributed by atoms with van der Waals surface area (Å²) in [6.45, 7) is 3.79. The van der Waals surface area contributed by atoms with E-state index >= 15 is 0 Å². The first-order valence-electron chi connectivity index (χ1n) is 16.1. The molecule has 1 aromatic heterocycles. The molecule has 1 saturated heterocycles. The Morgan fingerprint density at radius 1 is 1.04 bits per heavy atom. The summed E-state index contributed by atoms with van der Waals surface area (Å²) in [7, 11) is 1.55. The summed E-state index contributed by atoms with van der Waals surface area (Å²) in [6.07, 6.45) is 4.91. The van der Waals surface area contributed by atoms with Gasteiger partial charge in [0.05, 0.1) is 12.5 Å². The number of aromatic amines is 1.